The van der Waals surface area contributed by atoms with Crippen LogP contribution in [0, 0.1) is 0 Å². The molecule has 22 heavy (non-hydrogen) atoms. The van der Waals surface area contributed by atoms with Gasteiger partial charge in [0, 0.05) is 6.07 Å². The average Bonchev–Trinajstić information content (AvgIpc) is 2.54. The third-order valence-corrected chi connectivity index (χ3v) is 4.01. The van der Waals surface area contributed by atoms with E-state index in [9.17, 15) is 14.7 Å². The maximum Gasteiger partial charge on any atom is 0.271 e. The van der Waals surface area contributed by atoms with Crippen molar-refractivity contribution in [3.05, 3.63) is 63.6 Å². The Morgan fingerprint density at radius 1 is 1.32 bits per heavy atom. The summed E-state index contributed by atoms with van der Waals surface area (Å²) in [4.78, 5) is 23.0. The quantitative estimate of drug-likeness (QED) is 0.778. The first-order valence-corrected chi connectivity index (χ1v) is 7.23. The second kappa shape index (κ2) is 5.73. The summed E-state index contributed by atoms with van der Waals surface area (Å²) in [5.74, 6) is -0.423. The maximum atomic E-state index is 12.0. The first-order valence-electron chi connectivity index (χ1n) is 7.23. The lowest BCUT2D eigenvalue weighted by atomic mass is 9.79. The van der Waals surface area contributed by atoms with Gasteiger partial charge in [-0.15, -0.1) is 0 Å². The molecular weight excluding hydrogens is 282 g/mol. The third-order valence-electron chi connectivity index (χ3n) is 4.01. The second-order valence-corrected chi connectivity index (χ2v) is 5.53. The highest BCUT2D eigenvalue weighted by molar-refractivity contribution is 5.92. The standard InChI is InChI=1S/C16H17N3O3/c20-14-8-7-13(18-19-14)15(21)17-10-16(22)9-3-5-11-4-1-2-6-12(11)16/h1-2,4,6-8,22H,3,5,9-10H2,(H,17,21)(H,19,20)/t16-/m0/s1. The molecule has 0 saturated carbocycles. The Hall–Kier alpha value is -2.47. The molecule has 3 N–H and O–H groups in total. The van der Waals surface area contributed by atoms with Crippen molar-refractivity contribution in [2.75, 3.05) is 6.54 Å². The van der Waals surface area contributed by atoms with Gasteiger partial charge in [-0.05, 0) is 36.5 Å². The lowest BCUT2D eigenvalue weighted by Gasteiger charge is -2.34. The van der Waals surface area contributed by atoms with E-state index in [4.69, 9.17) is 0 Å². The minimum absolute atomic E-state index is 0.115. The molecule has 6 nitrogen and oxygen atoms in total. The molecule has 0 spiro atoms. The van der Waals surface area contributed by atoms with Crippen LogP contribution < -0.4 is 10.9 Å². The molecule has 1 aromatic carbocycles. The molecule has 6 heteroatoms. The van der Waals surface area contributed by atoms with Gasteiger partial charge in [0.2, 0.25) is 0 Å². The molecular formula is C16H17N3O3. The SMILES string of the molecule is O=C(NC[C@@]1(O)CCCc2ccccc21)c1ccc(=O)[nH]n1. The van der Waals surface area contributed by atoms with Crippen LogP contribution in [0.15, 0.2) is 41.2 Å². The van der Waals surface area contributed by atoms with E-state index in [0.29, 0.717) is 6.42 Å². The van der Waals surface area contributed by atoms with Crippen LogP contribution in [0.3, 0.4) is 0 Å². The Balaban J connectivity index is 1.75. The number of hydrogen-bond acceptors (Lipinski definition) is 4. The number of fused-ring (bicyclic) bond motifs is 1. The van der Waals surface area contributed by atoms with E-state index >= 15 is 0 Å². The van der Waals surface area contributed by atoms with Crippen LogP contribution in [0.4, 0.5) is 0 Å². The molecule has 0 saturated heterocycles. The van der Waals surface area contributed by atoms with Crippen LogP contribution in [0.1, 0.15) is 34.5 Å². The van der Waals surface area contributed by atoms with Crippen LogP contribution in [-0.4, -0.2) is 27.8 Å². The van der Waals surface area contributed by atoms with Crippen molar-refractivity contribution in [2.45, 2.75) is 24.9 Å². The van der Waals surface area contributed by atoms with E-state index in [2.05, 4.69) is 15.5 Å². The fourth-order valence-corrected chi connectivity index (χ4v) is 2.87. The molecule has 1 aliphatic carbocycles. The molecule has 1 heterocycles. The molecule has 0 aliphatic heterocycles. The summed E-state index contributed by atoms with van der Waals surface area (Å²) in [6, 6.07) is 10.3. The molecule has 1 aromatic heterocycles. The maximum absolute atomic E-state index is 12.0. The molecule has 0 fully saturated rings. The summed E-state index contributed by atoms with van der Waals surface area (Å²) in [5, 5.41) is 19.5. The predicted molar refractivity (Wildman–Crippen MR) is 80.5 cm³/mol. The van der Waals surface area contributed by atoms with E-state index in [-0.39, 0.29) is 17.8 Å². The molecule has 3 rings (SSSR count). The second-order valence-electron chi connectivity index (χ2n) is 5.53. The van der Waals surface area contributed by atoms with Crippen LogP contribution in [0.5, 0.6) is 0 Å². The third kappa shape index (κ3) is 2.78. The molecule has 1 amide bonds. The average molecular weight is 299 g/mol. The lowest BCUT2D eigenvalue weighted by Crippen LogP contribution is -2.43. The summed E-state index contributed by atoms with van der Waals surface area (Å²) < 4.78 is 0. The molecule has 0 bridgehead atoms. The smallest absolute Gasteiger partial charge is 0.271 e. The number of rotatable bonds is 3. The van der Waals surface area contributed by atoms with E-state index < -0.39 is 11.5 Å². The first kappa shape index (κ1) is 14.5. The monoisotopic (exact) mass is 299 g/mol. The van der Waals surface area contributed by atoms with Crippen molar-refractivity contribution in [3.8, 4) is 0 Å². The Bertz CT molecular complexity index is 736. The molecule has 114 valence electrons. The van der Waals surface area contributed by atoms with Crippen molar-refractivity contribution in [1.29, 1.82) is 0 Å². The highest BCUT2D eigenvalue weighted by Gasteiger charge is 2.34. The largest absolute Gasteiger partial charge is 0.383 e. The zero-order chi connectivity index (χ0) is 15.6. The van der Waals surface area contributed by atoms with Gasteiger partial charge in [-0.25, -0.2) is 5.10 Å². The molecule has 1 atom stereocenters. The number of nitrogens with zero attached hydrogens (tertiary/aromatic N) is 1. The number of hydrogen-bond donors (Lipinski definition) is 3. The van der Waals surface area contributed by atoms with Crippen LogP contribution in [-0.2, 0) is 12.0 Å². The van der Waals surface area contributed by atoms with Crippen LogP contribution >= 0.6 is 0 Å². The number of carbonyl (C=O) groups excluding carboxylic acids is 1. The number of aryl methyl sites for hydroxylation is 1. The summed E-state index contributed by atoms with van der Waals surface area (Å²) in [6.07, 6.45) is 2.41. The van der Waals surface area contributed by atoms with Gasteiger partial charge in [0.05, 0.1) is 6.54 Å². The zero-order valence-electron chi connectivity index (χ0n) is 12.0. The normalized spacial score (nSPS) is 20.2. The van der Waals surface area contributed by atoms with Gasteiger partial charge in [-0.2, -0.15) is 5.10 Å². The van der Waals surface area contributed by atoms with Gasteiger partial charge in [0.15, 0.2) is 0 Å². The van der Waals surface area contributed by atoms with Crippen molar-refractivity contribution in [3.63, 3.8) is 0 Å². The predicted octanol–water partition coefficient (Wildman–Crippen LogP) is 0.724. The van der Waals surface area contributed by atoms with Crippen molar-refractivity contribution in [1.82, 2.24) is 15.5 Å². The highest BCUT2D eigenvalue weighted by Crippen LogP contribution is 2.34. The first-order chi connectivity index (χ1) is 10.6. The number of aromatic amines is 1. The van der Waals surface area contributed by atoms with Gasteiger partial charge in [0.25, 0.3) is 11.5 Å². The van der Waals surface area contributed by atoms with E-state index in [1.165, 1.54) is 12.1 Å². The zero-order valence-corrected chi connectivity index (χ0v) is 12.0. The fraction of sp³-hybridized carbons (Fsp3) is 0.312. The van der Waals surface area contributed by atoms with Gasteiger partial charge >= 0.3 is 0 Å². The van der Waals surface area contributed by atoms with Gasteiger partial charge in [-0.1, -0.05) is 24.3 Å². The summed E-state index contributed by atoms with van der Waals surface area (Å²) in [6.45, 7) is 0.115. The number of H-pyrrole nitrogens is 1. The van der Waals surface area contributed by atoms with Crippen molar-refractivity contribution < 1.29 is 9.90 Å². The number of aromatic nitrogens is 2. The molecule has 2 aromatic rings. The Kier molecular flexibility index (Phi) is 3.77. The van der Waals surface area contributed by atoms with Gasteiger partial charge in [0.1, 0.15) is 11.3 Å². The summed E-state index contributed by atoms with van der Waals surface area (Å²) in [7, 11) is 0. The fourth-order valence-electron chi connectivity index (χ4n) is 2.87. The van der Waals surface area contributed by atoms with Crippen LogP contribution in [0.2, 0.25) is 0 Å². The number of amides is 1. The Morgan fingerprint density at radius 2 is 2.14 bits per heavy atom. The van der Waals surface area contributed by atoms with E-state index in [0.717, 1.165) is 24.0 Å². The minimum Gasteiger partial charge on any atom is -0.383 e. The lowest BCUT2D eigenvalue weighted by molar-refractivity contribution is 0.0189. The van der Waals surface area contributed by atoms with Crippen molar-refractivity contribution in [2.24, 2.45) is 0 Å². The molecule has 0 unspecified atom stereocenters. The number of aliphatic hydroxyl groups is 1. The van der Waals surface area contributed by atoms with E-state index in [1.54, 1.807) is 0 Å². The van der Waals surface area contributed by atoms with Gasteiger partial charge < -0.3 is 10.4 Å². The van der Waals surface area contributed by atoms with Gasteiger partial charge in [-0.3, -0.25) is 9.59 Å². The number of nitrogens with one attached hydrogen (secondary N) is 2. The Labute approximate surface area is 127 Å². The molecule has 0 radical (unpaired) electrons. The van der Waals surface area contributed by atoms with E-state index in [1.807, 2.05) is 24.3 Å². The highest BCUT2D eigenvalue weighted by atomic mass is 16.3. The topological polar surface area (TPSA) is 95.1 Å². The minimum atomic E-state index is -1.06. The Morgan fingerprint density at radius 3 is 2.91 bits per heavy atom. The summed E-state index contributed by atoms with van der Waals surface area (Å²) in [5.41, 5.74) is 0.680. The summed E-state index contributed by atoms with van der Waals surface area (Å²) >= 11 is 0. The van der Waals surface area contributed by atoms with Crippen LogP contribution in [0.25, 0.3) is 0 Å². The number of carbonyl (C=O) groups is 1. The van der Waals surface area contributed by atoms with Crippen molar-refractivity contribution >= 4 is 5.91 Å². The number of benzene rings is 1. The molecule has 1 aliphatic rings.